The predicted octanol–water partition coefficient (Wildman–Crippen LogP) is 5.62. The van der Waals surface area contributed by atoms with E-state index in [4.69, 9.17) is 19.3 Å². The van der Waals surface area contributed by atoms with Gasteiger partial charge in [-0.15, -0.1) is 0 Å². The van der Waals surface area contributed by atoms with Crippen LogP contribution in [0, 0.1) is 19.8 Å². The lowest BCUT2D eigenvalue weighted by Crippen LogP contribution is -2.16. The van der Waals surface area contributed by atoms with E-state index in [1.165, 1.54) is 5.56 Å². The molecule has 7 nitrogen and oxygen atoms in total. The molecular formula is C31H35NO6. The summed E-state index contributed by atoms with van der Waals surface area (Å²) in [6, 6.07) is 19.8. The fraction of sp³-hybridized carbons (Fsp3) is 0.355. The highest BCUT2D eigenvalue weighted by atomic mass is 16.5. The van der Waals surface area contributed by atoms with Crippen molar-refractivity contribution in [3.63, 3.8) is 0 Å². The first kappa shape index (κ1) is 27.2. The third-order valence-electron chi connectivity index (χ3n) is 6.65. The molecule has 0 aliphatic carbocycles. The quantitative estimate of drug-likeness (QED) is 0.324. The normalized spacial score (nSPS) is 15.7. The summed E-state index contributed by atoms with van der Waals surface area (Å²) in [4.78, 5) is 22.6. The Morgan fingerprint density at radius 2 is 1.76 bits per heavy atom. The highest BCUT2D eigenvalue weighted by Gasteiger charge is 2.22. The molecule has 38 heavy (non-hydrogen) atoms. The zero-order valence-electron chi connectivity index (χ0n) is 22.2. The molecule has 1 aliphatic heterocycles. The number of rotatable bonds is 12. The van der Waals surface area contributed by atoms with Crippen LogP contribution in [0.5, 0.6) is 11.5 Å². The number of hydrogen-bond acceptors (Lipinski definition) is 5. The van der Waals surface area contributed by atoms with Crippen LogP contribution in [0.3, 0.4) is 0 Å². The lowest BCUT2D eigenvalue weighted by atomic mass is 9.94. The molecule has 3 aromatic rings. The van der Waals surface area contributed by atoms with Gasteiger partial charge in [-0.2, -0.15) is 0 Å². The van der Waals surface area contributed by atoms with Gasteiger partial charge in [-0.05, 0) is 84.5 Å². The molecule has 3 aromatic carbocycles. The number of carbonyl (C=O) groups is 2. The van der Waals surface area contributed by atoms with Crippen molar-refractivity contribution in [2.45, 2.75) is 46.3 Å². The number of aryl methyl sites for hydroxylation is 2. The Bertz CT molecular complexity index is 1250. The summed E-state index contributed by atoms with van der Waals surface area (Å²) < 4.78 is 17.6. The molecule has 4 rings (SSSR count). The third kappa shape index (κ3) is 7.13. The van der Waals surface area contributed by atoms with Gasteiger partial charge in [0.05, 0.1) is 19.1 Å². The molecule has 1 heterocycles. The Hall–Kier alpha value is -3.84. The van der Waals surface area contributed by atoms with Gasteiger partial charge in [0.25, 0.3) is 0 Å². The highest BCUT2D eigenvalue weighted by molar-refractivity contribution is 5.78. The van der Waals surface area contributed by atoms with Crippen LogP contribution >= 0.6 is 0 Å². The summed E-state index contributed by atoms with van der Waals surface area (Å²) in [6.45, 7) is 8.07. The number of aliphatic carboxylic acids is 1. The number of nitrogens with one attached hydrogen (secondary N) is 1. The van der Waals surface area contributed by atoms with Gasteiger partial charge in [0.15, 0.2) is 0 Å². The zero-order valence-corrected chi connectivity index (χ0v) is 22.2. The lowest BCUT2D eigenvalue weighted by Gasteiger charge is -2.17. The Morgan fingerprint density at radius 1 is 1.03 bits per heavy atom. The van der Waals surface area contributed by atoms with Crippen molar-refractivity contribution in [1.29, 1.82) is 0 Å². The van der Waals surface area contributed by atoms with E-state index in [0.717, 1.165) is 33.6 Å². The second kappa shape index (κ2) is 12.6. The summed E-state index contributed by atoms with van der Waals surface area (Å²) in [6.07, 6.45) is -0.0327. The average Bonchev–Trinajstić information content (AvgIpc) is 3.31. The SMILES string of the molecule is CCO[C@@H](CC(=O)O)c1ccc(OCc2cccc(-c3c(C)cc(OCC4CNC(=O)C4)cc3C)c2)cc1. The minimum absolute atomic E-state index is 0.0776. The van der Waals surface area contributed by atoms with Crippen LogP contribution in [-0.2, 0) is 20.9 Å². The standard InChI is InChI=1S/C31H35NO6/c1-4-36-28(16-30(34)35)24-8-10-26(11-9-24)37-18-22-6-5-7-25(14-22)31-20(2)12-27(13-21(31)3)38-19-23-15-29(33)32-17-23/h5-14,23,28H,4,15-19H2,1-3H3,(H,32,33)(H,34,35)/t23?,28-/m0/s1. The molecule has 1 fully saturated rings. The second-order valence-electron chi connectivity index (χ2n) is 9.72. The third-order valence-corrected chi connectivity index (χ3v) is 6.65. The molecule has 7 heteroatoms. The fourth-order valence-corrected chi connectivity index (χ4v) is 4.85. The molecule has 200 valence electrons. The van der Waals surface area contributed by atoms with E-state index in [0.29, 0.717) is 38.5 Å². The maximum atomic E-state index is 11.4. The van der Waals surface area contributed by atoms with Gasteiger partial charge < -0.3 is 24.6 Å². The zero-order chi connectivity index (χ0) is 27.1. The van der Waals surface area contributed by atoms with Crippen LogP contribution in [0.15, 0.2) is 60.7 Å². The number of carboxylic acids is 1. The van der Waals surface area contributed by atoms with E-state index in [-0.39, 0.29) is 18.2 Å². The van der Waals surface area contributed by atoms with Crippen LogP contribution in [0.1, 0.15) is 48.1 Å². The van der Waals surface area contributed by atoms with E-state index in [1.54, 1.807) is 0 Å². The first-order valence-electron chi connectivity index (χ1n) is 13.0. The monoisotopic (exact) mass is 517 g/mol. The molecule has 1 saturated heterocycles. The second-order valence-corrected chi connectivity index (χ2v) is 9.72. The summed E-state index contributed by atoms with van der Waals surface area (Å²) >= 11 is 0. The van der Waals surface area contributed by atoms with Crippen LogP contribution in [-0.4, -0.2) is 36.7 Å². The fourth-order valence-electron chi connectivity index (χ4n) is 4.85. The highest BCUT2D eigenvalue weighted by Crippen LogP contribution is 2.32. The first-order valence-corrected chi connectivity index (χ1v) is 13.0. The molecule has 2 atom stereocenters. The Balaban J connectivity index is 1.40. The van der Waals surface area contributed by atoms with Crippen molar-refractivity contribution in [1.82, 2.24) is 5.32 Å². The van der Waals surface area contributed by atoms with Crippen LogP contribution in [0.25, 0.3) is 11.1 Å². The number of ether oxygens (including phenoxy) is 3. The van der Waals surface area contributed by atoms with Gasteiger partial charge in [0.1, 0.15) is 18.1 Å². The van der Waals surface area contributed by atoms with Crippen molar-refractivity contribution in [3.8, 4) is 22.6 Å². The topological polar surface area (TPSA) is 94.1 Å². The molecule has 2 N–H and O–H groups in total. The van der Waals surface area contributed by atoms with Gasteiger partial charge in [-0.25, -0.2) is 0 Å². The summed E-state index contributed by atoms with van der Waals surface area (Å²) in [7, 11) is 0. The van der Waals surface area contributed by atoms with Gasteiger partial charge in [0.2, 0.25) is 5.91 Å². The Labute approximate surface area is 223 Å². The average molecular weight is 518 g/mol. The maximum Gasteiger partial charge on any atom is 0.306 e. The minimum atomic E-state index is -0.893. The van der Waals surface area contributed by atoms with Crippen LogP contribution in [0.4, 0.5) is 0 Å². The Morgan fingerprint density at radius 3 is 2.39 bits per heavy atom. The van der Waals surface area contributed by atoms with E-state index in [2.05, 4.69) is 43.4 Å². The number of benzene rings is 3. The van der Waals surface area contributed by atoms with Gasteiger partial charge in [-0.3, -0.25) is 9.59 Å². The van der Waals surface area contributed by atoms with Crippen molar-refractivity contribution < 1.29 is 28.9 Å². The molecule has 0 bridgehead atoms. The van der Waals surface area contributed by atoms with E-state index < -0.39 is 12.1 Å². The molecular weight excluding hydrogens is 482 g/mol. The minimum Gasteiger partial charge on any atom is -0.493 e. The first-order chi connectivity index (χ1) is 18.3. The lowest BCUT2D eigenvalue weighted by molar-refractivity contribution is -0.140. The predicted molar refractivity (Wildman–Crippen MR) is 145 cm³/mol. The molecule has 0 saturated carbocycles. The van der Waals surface area contributed by atoms with Gasteiger partial charge in [0, 0.05) is 25.5 Å². The van der Waals surface area contributed by atoms with E-state index >= 15 is 0 Å². The van der Waals surface area contributed by atoms with Crippen molar-refractivity contribution in [3.05, 3.63) is 82.9 Å². The molecule has 0 aromatic heterocycles. The van der Waals surface area contributed by atoms with Crippen molar-refractivity contribution in [2.75, 3.05) is 19.8 Å². The summed E-state index contributed by atoms with van der Waals surface area (Å²) in [5, 5.41) is 12.0. The Kier molecular flexibility index (Phi) is 9.02. The summed E-state index contributed by atoms with van der Waals surface area (Å²) in [5.41, 5.74) is 6.39. The largest absolute Gasteiger partial charge is 0.493 e. The number of carbonyl (C=O) groups excluding carboxylic acids is 1. The van der Waals surface area contributed by atoms with Crippen molar-refractivity contribution >= 4 is 11.9 Å². The molecule has 0 radical (unpaired) electrons. The molecule has 1 aliphatic rings. The van der Waals surface area contributed by atoms with Gasteiger partial charge in [-0.1, -0.05) is 30.3 Å². The van der Waals surface area contributed by atoms with Crippen LogP contribution in [0.2, 0.25) is 0 Å². The van der Waals surface area contributed by atoms with Gasteiger partial charge >= 0.3 is 5.97 Å². The smallest absolute Gasteiger partial charge is 0.306 e. The summed E-state index contributed by atoms with van der Waals surface area (Å²) in [5.74, 6) is 0.939. The van der Waals surface area contributed by atoms with Crippen molar-refractivity contribution in [2.24, 2.45) is 5.92 Å². The van der Waals surface area contributed by atoms with Crippen LogP contribution < -0.4 is 14.8 Å². The van der Waals surface area contributed by atoms with E-state index in [9.17, 15) is 9.59 Å². The number of carboxylic acid groups (broad SMARTS) is 1. The molecule has 1 unspecified atom stereocenters. The maximum absolute atomic E-state index is 11.4. The molecule has 0 spiro atoms. The van der Waals surface area contributed by atoms with E-state index in [1.807, 2.05) is 43.3 Å². The number of amides is 1. The number of hydrogen-bond donors (Lipinski definition) is 2. The molecule has 1 amide bonds.